The number of anilines is 1. The second-order valence-corrected chi connectivity index (χ2v) is 8.55. The van der Waals surface area contributed by atoms with Crippen molar-refractivity contribution in [3.05, 3.63) is 58.9 Å². The summed E-state index contributed by atoms with van der Waals surface area (Å²) in [4.78, 5) is 35.0. The van der Waals surface area contributed by atoms with Crippen LogP contribution in [0.15, 0.2) is 35.2 Å². The minimum atomic E-state index is -3.98. The van der Waals surface area contributed by atoms with E-state index < -0.39 is 70.6 Å². The van der Waals surface area contributed by atoms with Gasteiger partial charge in [-0.05, 0) is 49.2 Å². The van der Waals surface area contributed by atoms with Gasteiger partial charge in [0.25, 0.3) is 5.91 Å². The molecule has 0 spiro atoms. The zero-order chi connectivity index (χ0) is 24.8. The highest BCUT2D eigenvalue weighted by atomic mass is 32.2. The second kappa shape index (κ2) is 10.9. The topological polar surface area (TPSA) is 131 Å². The van der Waals surface area contributed by atoms with Crippen molar-refractivity contribution >= 4 is 33.5 Å². The van der Waals surface area contributed by atoms with Gasteiger partial charge in [-0.2, -0.15) is 4.72 Å². The maximum Gasteiger partial charge on any atom is 0.321 e. The first-order valence-electron chi connectivity index (χ1n) is 9.33. The van der Waals surface area contributed by atoms with Gasteiger partial charge in [0.05, 0.1) is 17.1 Å². The van der Waals surface area contributed by atoms with Gasteiger partial charge in [-0.3, -0.25) is 14.4 Å². The van der Waals surface area contributed by atoms with Crippen molar-refractivity contribution in [2.75, 3.05) is 25.0 Å². The second-order valence-electron chi connectivity index (χ2n) is 6.78. The summed E-state index contributed by atoms with van der Waals surface area (Å²) in [6, 6.07) is 5.84. The third-order valence-electron chi connectivity index (χ3n) is 4.31. The van der Waals surface area contributed by atoms with E-state index >= 15 is 0 Å². The van der Waals surface area contributed by atoms with Crippen LogP contribution in [0.5, 0.6) is 0 Å². The molecular weight excluding hydrogens is 467 g/mol. The summed E-state index contributed by atoms with van der Waals surface area (Å²) in [5.74, 6) is -7.73. The highest BCUT2D eigenvalue weighted by molar-refractivity contribution is 7.89. The highest BCUT2D eigenvalue weighted by Crippen LogP contribution is 2.19. The van der Waals surface area contributed by atoms with Crippen LogP contribution in [0.2, 0.25) is 0 Å². The van der Waals surface area contributed by atoms with Gasteiger partial charge in [0.15, 0.2) is 24.1 Å². The Kier molecular flexibility index (Phi) is 8.54. The van der Waals surface area contributed by atoms with E-state index in [0.717, 1.165) is 17.2 Å². The number of sulfonamides is 1. The van der Waals surface area contributed by atoms with Crippen LogP contribution in [-0.4, -0.2) is 45.9 Å². The monoisotopic (exact) mass is 487 g/mol. The summed E-state index contributed by atoms with van der Waals surface area (Å²) in [6.45, 7) is 1.30. The quantitative estimate of drug-likeness (QED) is 0.361. The van der Waals surface area contributed by atoms with Crippen molar-refractivity contribution in [3.63, 3.8) is 0 Å². The normalized spacial score (nSPS) is 11.1. The summed E-state index contributed by atoms with van der Waals surface area (Å²) < 4.78 is 70.6. The molecule has 178 valence electrons. The molecule has 2 rings (SSSR count). The van der Waals surface area contributed by atoms with E-state index in [0.29, 0.717) is 6.07 Å². The van der Waals surface area contributed by atoms with Gasteiger partial charge in [-0.1, -0.05) is 6.07 Å². The SMILES string of the molecule is Cc1ccc(S(=O)(=O)NCC(=O)OCC(=O)NCC(=O)Nc2ccc(F)c(F)c2F)cc1C. The predicted octanol–water partition coefficient (Wildman–Crippen LogP) is 1.30. The standard InChI is InChI=1S/C20H20F3N3O6S/c1-11-3-4-13(7-12(11)2)33(30,31)25-9-18(29)32-10-17(28)24-8-16(27)26-15-6-5-14(21)19(22)20(15)23/h3-7,25H,8-10H2,1-2H3,(H,24,28)(H,26,27). The number of halogens is 3. The van der Waals surface area contributed by atoms with E-state index in [2.05, 4.69) is 10.1 Å². The molecule has 2 aromatic rings. The number of amides is 2. The Morgan fingerprint density at radius 1 is 0.909 bits per heavy atom. The maximum absolute atomic E-state index is 13.5. The van der Waals surface area contributed by atoms with Gasteiger partial charge in [0.1, 0.15) is 6.54 Å². The minimum absolute atomic E-state index is 0.0420. The van der Waals surface area contributed by atoms with Gasteiger partial charge >= 0.3 is 5.97 Å². The third kappa shape index (κ3) is 7.29. The summed E-state index contributed by atoms with van der Waals surface area (Å²) in [5.41, 5.74) is 1.01. The molecule has 0 aliphatic heterocycles. The molecule has 0 radical (unpaired) electrons. The average molecular weight is 487 g/mol. The zero-order valence-electron chi connectivity index (χ0n) is 17.5. The molecule has 0 aromatic heterocycles. The van der Waals surface area contributed by atoms with Crippen LogP contribution in [0.25, 0.3) is 0 Å². The molecule has 0 aliphatic carbocycles. The van der Waals surface area contributed by atoms with Crippen LogP contribution in [0.3, 0.4) is 0 Å². The number of esters is 1. The van der Waals surface area contributed by atoms with E-state index in [9.17, 15) is 36.0 Å². The Morgan fingerprint density at radius 3 is 2.27 bits per heavy atom. The summed E-state index contributed by atoms with van der Waals surface area (Å²) in [7, 11) is -3.98. The number of hydrogen-bond donors (Lipinski definition) is 3. The molecule has 2 aromatic carbocycles. The fraction of sp³-hybridized carbons (Fsp3) is 0.250. The molecule has 13 heteroatoms. The van der Waals surface area contributed by atoms with E-state index in [1.165, 1.54) is 12.1 Å². The molecule has 0 heterocycles. The lowest BCUT2D eigenvalue weighted by atomic mass is 10.1. The van der Waals surface area contributed by atoms with E-state index in [-0.39, 0.29) is 4.90 Å². The summed E-state index contributed by atoms with van der Waals surface area (Å²) >= 11 is 0. The number of benzene rings is 2. The summed E-state index contributed by atoms with van der Waals surface area (Å²) in [5, 5.41) is 3.99. The molecule has 0 saturated heterocycles. The van der Waals surface area contributed by atoms with Crippen molar-refractivity contribution < 1.29 is 40.7 Å². The van der Waals surface area contributed by atoms with Crippen molar-refractivity contribution in [2.24, 2.45) is 0 Å². The lowest BCUT2D eigenvalue weighted by molar-refractivity contribution is -0.147. The fourth-order valence-corrected chi connectivity index (χ4v) is 3.42. The first-order chi connectivity index (χ1) is 15.4. The van der Waals surface area contributed by atoms with Crippen LogP contribution in [0.1, 0.15) is 11.1 Å². The first-order valence-corrected chi connectivity index (χ1v) is 10.8. The fourth-order valence-electron chi connectivity index (χ4n) is 2.36. The minimum Gasteiger partial charge on any atom is -0.455 e. The van der Waals surface area contributed by atoms with Crippen LogP contribution in [-0.2, 0) is 29.1 Å². The molecule has 9 nitrogen and oxygen atoms in total. The Morgan fingerprint density at radius 2 is 1.61 bits per heavy atom. The van der Waals surface area contributed by atoms with Gasteiger partial charge in [-0.25, -0.2) is 21.6 Å². The van der Waals surface area contributed by atoms with Crippen LogP contribution in [0.4, 0.5) is 18.9 Å². The van der Waals surface area contributed by atoms with Gasteiger partial charge in [0, 0.05) is 0 Å². The molecule has 3 N–H and O–H groups in total. The maximum atomic E-state index is 13.5. The molecule has 0 saturated carbocycles. The Balaban J connectivity index is 1.75. The largest absolute Gasteiger partial charge is 0.455 e. The zero-order valence-corrected chi connectivity index (χ0v) is 18.3. The Bertz CT molecular complexity index is 1190. The van der Waals surface area contributed by atoms with E-state index in [1.807, 2.05) is 17.0 Å². The highest BCUT2D eigenvalue weighted by Gasteiger charge is 2.18. The smallest absolute Gasteiger partial charge is 0.321 e. The van der Waals surface area contributed by atoms with Crippen molar-refractivity contribution in [1.29, 1.82) is 0 Å². The predicted molar refractivity (Wildman–Crippen MR) is 110 cm³/mol. The molecule has 0 atom stereocenters. The molecule has 0 unspecified atom stereocenters. The van der Waals surface area contributed by atoms with Crippen LogP contribution in [0, 0.1) is 31.3 Å². The number of carbonyl (C=O) groups excluding carboxylic acids is 3. The molecule has 0 fully saturated rings. The van der Waals surface area contributed by atoms with E-state index in [1.54, 1.807) is 13.0 Å². The van der Waals surface area contributed by atoms with Crippen molar-refractivity contribution in [3.8, 4) is 0 Å². The molecule has 33 heavy (non-hydrogen) atoms. The molecular formula is C20H20F3N3O6S. The lowest BCUT2D eigenvalue weighted by Crippen LogP contribution is -2.37. The number of carbonyl (C=O) groups is 3. The average Bonchev–Trinajstić information content (AvgIpc) is 2.77. The van der Waals surface area contributed by atoms with Gasteiger partial charge in [0.2, 0.25) is 15.9 Å². The molecule has 0 bridgehead atoms. The van der Waals surface area contributed by atoms with Gasteiger partial charge in [-0.15, -0.1) is 0 Å². The van der Waals surface area contributed by atoms with Crippen LogP contribution >= 0.6 is 0 Å². The van der Waals surface area contributed by atoms with Gasteiger partial charge < -0.3 is 15.4 Å². The number of ether oxygens (including phenoxy) is 1. The first kappa shape index (κ1) is 25.8. The Hall–Kier alpha value is -3.45. The van der Waals surface area contributed by atoms with E-state index in [4.69, 9.17) is 0 Å². The number of nitrogens with one attached hydrogen (secondary N) is 3. The number of hydrogen-bond acceptors (Lipinski definition) is 6. The summed E-state index contributed by atoms with van der Waals surface area (Å²) in [6.07, 6.45) is 0. The third-order valence-corrected chi connectivity index (χ3v) is 5.71. The van der Waals surface area contributed by atoms with Crippen molar-refractivity contribution in [2.45, 2.75) is 18.7 Å². The number of aryl methyl sites for hydroxylation is 2. The molecule has 0 aliphatic rings. The Labute approximate surface area is 187 Å². The lowest BCUT2D eigenvalue weighted by Gasteiger charge is -2.10. The van der Waals surface area contributed by atoms with Crippen LogP contribution < -0.4 is 15.4 Å². The molecule has 2 amide bonds. The number of rotatable bonds is 9. The van der Waals surface area contributed by atoms with Crippen molar-refractivity contribution in [1.82, 2.24) is 10.0 Å².